The van der Waals surface area contributed by atoms with Crippen molar-refractivity contribution in [3.05, 3.63) is 0 Å². The zero-order chi connectivity index (χ0) is 17.5. The van der Waals surface area contributed by atoms with E-state index in [1.165, 1.54) is 0 Å². The SMILES string of the molecule is CC(C)(C)OC(=O)N1CC(C(=O)N2CCN(C(=O)C3CC3)CC2)C1. The fourth-order valence-electron chi connectivity index (χ4n) is 3.10. The van der Waals surface area contributed by atoms with E-state index in [1.54, 1.807) is 4.90 Å². The molecular formula is C17H27N3O4. The second kappa shape index (κ2) is 6.26. The molecule has 3 aliphatic rings. The molecule has 0 spiro atoms. The number of carbonyl (C=O) groups excluding carboxylic acids is 3. The van der Waals surface area contributed by atoms with Gasteiger partial charge in [-0.3, -0.25) is 9.59 Å². The molecule has 0 unspecified atom stereocenters. The van der Waals surface area contributed by atoms with Crippen LogP contribution in [0.1, 0.15) is 33.6 Å². The van der Waals surface area contributed by atoms with Crippen LogP contribution in [-0.2, 0) is 14.3 Å². The van der Waals surface area contributed by atoms with Crippen LogP contribution in [0.5, 0.6) is 0 Å². The molecular weight excluding hydrogens is 310 g/mol. The lowest BCUT2D eigenvalue weighted by molar-refractivity contribution is -0.146. The lowest BCUT2D eigenvalue weighted by Gasteiger charge is -2.42. The van der Waals surface area contributed by atoms with E-state index in [4.69, 9.17) is 4.74 Å². The van der Waals surface area contributed by atoms with Gasteiger partial charge < -0.3 is 19.4 Å². The van der Waals surface area contributed by atoms with Crippen LogP contribution in [0.2, 0.25) is 0 Å². The lowest BCUT2D eigenvalue weighted by Crippen LogP contribution is -2.60. The molecule has 2 saturated heterocycles. The van der Waals surface area contributed by atoms with Gasteiger partial charge >= 0.3 is 6.09 Å². The van der Waals surface area contributed by atoms with E-state index >= 15 is 0 Å². The molecule has 3 fully saturated rings. The van der Waals surface area contributed by atoms with Crippen molar-refractivity contribution in [2.75, 3.05) is 39.3 Å². The molecule has 7 heteroatoms. The van der Waals surface area contributed by atoms with E-state index in [1.807, 2.05) is 30.6 Å². The molecule has 0 atom stereocenters. The quantitative estimate of drug-likeness (QED) is 0.752. The van der Waals surface area contributed by atoms with E-state index < -0.39 is 5.60 Å². The Labute approximate surface area is 142 Å². The Hall–Kier alpha value is -1.79. The summed E-state index contributed by atoms with van der Waals surface area (Å²) in [7, 11) is 0. The van der Waals surface area contributed by atoms with Crippen LogP contribution in [0.15, 0.2) is 0 Å². The fourth-order valence-corrected chi connectivity index (χ4v) is 3.10. The molecule has 0 aromatic rings. The summed E-state index contributed by atoms with van der Waals surface area (Å²) >= 11 is 0. The molecule has 0 aromatic heterocycles. The number of amides is 3. The summed E-state index contributed by atoms with van der Waals surface area (Å²) in [5.74, 6) is 0.444. The van der Waals surface area contributed by atoms with Crippen molar-refractivity contribution >= 4 is 17.9 Å². The Morgan fingerprint density at radius 3 is 1.67 bits per heavy atom. The summed E-state index contributed by atoms with van der Waals surface area (Å²) in [5, 5.41) is 0. The summed E-state index contributed by atoms with van der Waals surface area (Å²) in [5.41, 5.74) is -0.517. The second-order valence-corrected chi connectivity index (χ2v) is 8.01. The van der Waals surface area contributed by atoms with Gasteiger partial charge in [0.2, 0.25) is 11.8 Å². The highest BCUT2D eigenvalue weighted by Crippen LogP contribution is 2.31. The molecule has 134 valence electrons. The maximum Gasteiger partial charge on any atom is 0.410 e. The van der Waals surface area contributed by atoms with Gasteiger partial charge in [-0.05, 0) is 33.6 Å². The zero-order valence-electron chi connectivity index (χ0n) is 14.8. The zero-order valence-corrected chi connectivity index (χ0v) is 14.8. The molecule has 2 heterocycles. The van der Waals surface area contributed by atoms with Crippen molar-refractivity contribution in [3.8, 4) is 0 Å². The van der Waals surface area contributed by atoms with Crippen molar-refractivity contribution in [1.82, 2.24) is 14.7 Å². The van der Waals surface area contributed by atoms with Crippen LogP contribution < -0.4 is 0 Å². The highest BCUT2D eigenvalue weighted by Gasteiger charge is 2.41. The van der Waals surface area contributed by atoms with Crippen LogP contribution in [0, 0.1) is 11.8 Å². The van der Waals surface area contributed by atoms with Gasteiger partial charge in [0.1, 0.15) is 5.60 Å². The molecule has 0 aromatic carbocycles. The average molecular weight is 337 g/mol. The predicted octanol–water partition coefficient (Wildman–Crippen LogP) is 0.934. The summed E-state index contributed by atoms with van der Waals surface area (Å²) in [6.45, 7) is 8.79. The maximum absolute atomic E-state index is 12.5. The third-order valence-corrected chi connectivity index (χ3v) is 4.71. The largest absolute Gasteiger partial charge is 0.444 e. The number of carbonyl (C=O) groups is 3. The first kappa shape index (κ1) is 17.0. The van der Waals surface area contributed by atoms with Gasteiger partial charge in [0.15, 0.2) is 0 Å². The van der Waals surface area contributed by atoms with Gasteiger partial charge in [-0.25, -0.2) is 4.79 Å². The average Bonchev–Trinajstić information content (AvgIpc) is 3.27. The number of hydrogen-bond acceptors (Lipinski definition) is 4. The topological polar surface area (TPSA) is 70.2 Å². The molecule has 0 radical (unpaired) electrons. The van der Waals surface area contributed by atoms with Crippen LogP contribution in [0.3, 0.4) is 0 Å². The highest BCUT2D eigenvalue weighted by molar-refractivity contribution is 5.84. The first-order chi connectivity index (χ1) is 11.2. The fraction of sp³-hybridized carbons (Fsp3) is 0.824. The summed E-state index contributed by atoms with van der Waals surface area (Å²) in [6.07, 6.45) is 1.67. The van der Waals surface area contributed by atoms with Gasteiger partial charge in [0.05, 0.1) is 5.92 Å². The van der Waals surface area contributed by atoms with Gasteiger partial charge in [0, 0.05) is 45.2 Å². The monoisotopic (exact) mass is 337 g/mol. The minimum atomic E-state index is -0.517. The Balaban J connectivity index is 1.41. The molecule has 3 amide bonds. The number of likely N-dealkylation sites (tertiary alicyclic amines) is 1. The molecule has 1 aliphatic carbocycles. The third-order valence-electron chi connectivity index (χ3n) is 4.71. The van der Waals surface area contributed by atoms with E-state index in [0.717, 1.165) is 12.8 Å². The normalized spacial score (nSPS) is 22.2. The van der Waals surface area contributed by atoms with E-state index in [2.05, 4.69) is 0 Å². The number of hydrogen-bond donors (Lipinski definition) is 0. The van der Waals surface area contributed by atoms with Gasteiger partial charge in [-0.1, -0.05) is 0 Å². The lowest BCUT2D eigenvalue weighted by atomic mass is 9.98. The van der Waals surface area contributed by atoms with E-state index in [-0.39, 0.29) is 29.7 Å². The molecule has 1 saturated carbocycles. The second-order valence-electron chi connectivity index (χ2n) is 8.01. The van der Waals surface area contributed by atoms with Crippen molar-refractivity contribution in [2.24, 2.45) is 11.8 Å². The smallest absolute Gasteiger partial charge is 0.410 e. The van der Waals surface area contributed by atoms with Crippen LogP contribution in [-0.4, -0.2) is 77.5 Å². The number of rotatable bonds is 2. The number of piperazine rings is 1. The Kier molecular flexibility index (Phi) is 4.44. The van der Waals surface area contributed by atoms with Crippen LogP contribution in [0.25, 0.3) is 0 Å². The predicted molar refractivity (Wildman–Crippen MR) is 87.2 cm³/mol. The van der Waals surface area contributed by atoms with Crippen molar-refractivity contribution in [3.63, 3.8) is 0 Å². The Morgan fingerprint density at radius 1 is 0.792 bits per heavy atom. The van der Waals surface area contributed by atoms with E-state index in [0.29, 0.717) is 39.3 Å². The third kappa shape index (κ3) is 3.82. The van der Waals surface area contributed by atoms with Crippen molar-refractivity contribution < 1.29 is 19.1 Å². The number of nitrogens with zero attached hydrogens (tertiary/aromatic N) is 3. The van der Waals surface area contributed by atoms with Gasteiger partial charge in [-0.2, -0.15) is 0 Å². The van der Waals surface area contributed by atoms with Gasteiger partial charge in [0.25, 0.3) is 0 Å². The van der Waals surface area contributed by atoms with E-state index in [9.17, 15) is 14.4 Å². The minimum Gasteiger partial charge on any atom is -0.444 e. The molecule has 2 aliphatic heterocycles. The first-order valence-corrected chi connectivity index (χ1v) is 8.80. The molecule has 0 N–H and O–H groups in total. The minimum absolute atomic E-state index is 0.0910. The molecule has 3 rings (SSSR count). The first-order valence-electron chi connectivity index (χ1n) is 8.80. The molecule has 24 heavy (non-hydrogen) atoms. The highest BCUT2D eigenvalue weighted by atomic mass is 16.6. The number of ether oxygens (including phenoxy) is 1. The maximum atomic E-state index is 12.5. The summed E-state index contributed by atoms with van der Waals surface area (Å²) < 4.78 is 5.30. The van der Waals surface area contributed by atoms with Crippen LogP contribution >= 0.6 is 0 Å². The summed E-state index contributed by atoms with van der Waals surface area (Å²) in [4.78, 5) is 41.7. The van der Waals surface area contributed by atoms with Crippen LogP contribution in [0.4, 0.5) is 4.79 Å². The molecule has 0 bridgehead atoms. The molecule has 7 nitrogen and oxygen atoms in total. The van der Waals surface area contributed by atoms with Crippen molar-refractivity contribution in [2.45, 2.75) is 39.2 Å². The Bertz CT molecular complexity index is 524. The Morgan fingerprint density at radius 2 is 1.25 bits per heavy atom. The standard InChI is InChI=1S/C17H27N3O4/c1-17(2,3)24-16(23)20-10-13(11-20)15(22)19-8-6-18(7-9-19)14(21)12-4-5-12/h12-13H,4-11H2,1-3H3. The summed E-state index contributed by atoms with van der Waals surface area (Å²) in [6, 6.07) is 0. The van der Waals surface area contributed by atoms with Gasteiger partial charge in [-0.15, -0.1) is 0 Å². The van der Waals surface area contributed by atoms with Crippen molar-refractivity contribution in [1.29, 1.82) is 0 Å².